The van der Waals surface area contributed by atoms with Gasteiger partial charge in [-0.15, -0.1) is 11.3 Å². The lowest BCUT2D eigenvalue weighted by atomic mass is 9.88. The summed E-state index contributed by atoms with van der Waals surface area (Å²) in [4.78, 5) is 17.7. The molecule has 1 atom stereocenters. The number of benzene rings is 3. The molecule has 5 heteroatoms. The van der Waals surface area contributed by atoms with Crippen LogP contribution < -0.4 is 9.47 Å². The summed E-state index contributed by atoms with van der Waals surface area (Å²) in [6, 6.07) is 26.9. The van der Waals surface area contributed by atoms with Crippen molar-refractivity contribution in [3.63, 3.8) is 0 Å². The fourth-order valence-electron chi connectivity index (χ4n) is 4.84. The second-order valence-electron chi connectivity index (χ2n) is 8.78. The Kier molecular flexibility index (Phi) is 5.34. The zero-order valence-corrected chi connectivity index (χ0v) is 19.8. The van der Waals surface area contributed by atoms with Gasteiger partial charge in [-0.05, 0) is 65.9 Å². The Morgan fingerprint density at radius 3 is 2.56 bits per heavy atom. The van der Waals surface area contributed by atoms with Gasteiger partial charge in [-0.1, -0.05) is 54.1 Å². The summed E-state index contributed by atoms with van der Waals surface area (Å²) in [5.41, 5.74) is 5.94. The summed E-state index contributed by atoms with van der Waals surface area (Å²) in [5.74, 6) is 1.61. The van der Waals surface area contributed by atoms with E-state index in [1.165, 1.54) is 28.0 Å². The number of ether oxygens (including phenoxy) is 2. The number of carbonyl (C=O) groups excluding carboxylic acids is 1. The Labute approximate surface area is 203 Å². The van der Waals surface area contributed by atoms with Crippen molar-refractivity contribution < 1.29 is 14.3 Å². The number of carbonyl (C=O) groups is 1. The van der Waals surface area contributed by atoms with Gasteiger partial charge in [-0.25, -0.2) is 0 Å². The Morgan fingerprint density at radius 1 is 0.912 bits per heavy atom. The minimum absolute atomic E-state index is 0.0777. The lowest BCUT2D eigenvalue weighted by Crippen LogP contribution is -2.40. The zero-order valence-electron chi connectivity index (χ0n) is 19.0. The number of hydrogen-bond acceptors (Lipinski definition) is 4. The Balaban J connectivity index is 1.34. The summed E-state index contributed by atoms with van der Waals surface area (Å²) >= 11 is 1.53. The van der Waals surface area contributed by atoms with Crippen LogP contribution in [-0.4, -0.2) is 30.6 Å². The molecule has 6 rings (SSSR count). The summed E-state index contributed by atoms with van der Waals surface area (Å²) in [6.45, 7) is 3.92. The van der Waals surface area contributed by atoms with Crippen LogP contribution in [0.25, 0.3) is 10.4 Å². The quantitative estimate of drug-likeness (QED) is 0.356. The SMILES string of the molecule is Cc1ccc([C@H]2c3ccccc3CCN2C(=O)c2ccc(-c3ccc4c(c3)OCCO4)s2)cc1. The maximum absolute atomic E-state index is 13.8. The molecule has 0 fully saturated rings. The number of amides is 1. The fraction of sp³-hybridized carbons (Fsp3) is 0.207. The second-order valence-corrected chi connectivity index (χ2v) is 9.87. The van der Waals surface area contributed by atoms with Crippen LogP contribution in [0, 0.1) is 6.92 Å². The molecule has 0 N–H and O–H groups in total. The van der Waals surface area contributed by atoms with Gasteiger partial charge >= 0.3 is 0 Å². The van der Waals surface area contributed by atoms with Gasteiger partial charge < -0.3 is 14.4 Å². The van der Waals surface area contributed by atoms with E-state index in [-0.39, 0.29) is 11.9 Å². The summed E-state index contributed by atoms with van der Waals surface area (Å²) < 4.78 is 11.4. The van der Waals surface area contributed by atoms with Crippen molar-refractivity contribution in [1.82, 2.24) is 4.90 Å². The van der Waals surface area contributed by atoms with Crippen LogP contribution in [0.15, 0.2) is 78.9 Å². The number of aryl methyl sites for hydroxylation is 1. The van der Waals surface area contributed by atoms with E-state index in [0.717, 1.165) is 38.8 Å². The maximum atomic E-state index is 13.8. The van der Waals surface area contributed by atoms with E-state index in [1.54, 1.807) is 0 Å². The monoisotopic (exact) mass is 467 g/mol. The minimum atomic E-state index is -0.0853. The molecular weight excluding hydrogens is 442 g/mol. The molecule has 2 aliphatic heterocycles. The highest BCUT2D eigenvalue weighted by Gasteiger charge is 2.33. The van der Waals surface area contributed by atoms with Crippen LogP contribution in [0.3, 0.4) is 0 Å². The van der Waals surface area contributed by atoms with Crippen LogP contribution in [0.4, 0.5) is 0 Å². The van der Waals surface area contributed by atoms with E-state index in [1.807, 2.05) is 35.2 Å². The third kappa shape index (κ3) is 3.76. The molecule has 4 aromatic rings. The smallest absolute Gasteiger partial charge is 0.264 e. The van der Waals surface area contributed by atoms with Gasteiger partial charge in [0, 0.05) is 11.4 Å². The second kappa shape index (κ2) is 8.65. The predicted octanol–water partition coefficient (Wildman–Crippen LogP) is 6.28. The van der Waals surface area contributed by atoms with E-state index in [4.69, 9.17) is 9.47 Å². The van der Waals surface area contributed by atoms with Crippen LogP contribution in [0.2, 0.25) is 0 Å². The maximum Gasteiger partial charge on any atom is 0.264 e. The van der Waals surface area contributed by atoms with Gasteiger partial charge in [0.05, 0.1) is 10.9 Å². The van der Waals surface area contributed by atoms with E-state index in [9.17, 15) is 4.79 Å². The van der Waals surface area contributed by atoms with Crippen molar-refractivity contribution >= 4 is 17.2 Å². The number of rotatable bonds is 3. The minimum Gasteiger partial charge on any atom is -0.486 e. The highest BCUT2D eigenvalue weighted by Crippen LogP contribution is 2.39. The number of thiophene rings is 1. The lowest BCUT2D eigenvalue weighted by Gasteiger charge is -2.37. The van der Waals surface area contributed by atoms with Crippen molar-refractivity contribution in [2.45, 2.75) is 19.4 Å². The highest BCUT2D eigenvalue weighted by molar-refractivity contribution is 7.17. The van der Waals surface area contributed by atoms with Crippen molar-refractivity contribution in [3.05, 3.63) is 106 Å². The predicted molar refractivity (Wildman–Crippen MR) is 135 cm³/mol. The topological polar surface area (TPSA) is 38.8 Å². The van der Waals surface area contributed by atoms with Gasteiger partial charge in [-0.3, -0.25) is 4.79 Å². The van der Waals surface area contributed by atoms with Gasteiger partial charge in [0.1, 0.15) is 13.2 Å². The molecule has 34 heavy (non-hydrogen) atoms. The average molecular weight is 468 g/mol. The number of fused-ring (bicyclic) bond motifs is 2. The van der Waals surface area contributed by atoms with Crippen molar-refractivity contribution in [2.24, 2.45) is 0 Å². The lowest BCUT2D eigenvalue weighted by molar-refractivity contribution is 0.0699. The van der Waals surface area contributed by atoms with E-state index < -0.39 is 0 Å². The molecule has 0 bridgehead atoms. The molecule has 1 amide bonds. The molecular formula is C29H25NO3S. The summed E-state index contributed by atoms with van der Waals surface area (Å²) in [6.07, 6.45) is 0.866. The molecule has 0 unspecified atom stereocenters. The normalized spacial score (nSPS) is 16.7. The molecule has 170 valence electrons. The molecule has 0 saturated carbocycles. The average Bonchev–Trinajstić information content (AvgIpc) is 3.38. The summed E-state index contributed by atoms with van der Waals surface area (Å²) in [5, 5.41) is 0. The molecule has 2 aliphatic rings. The first-order valence-corrected chi connectivity index (χ1v) is 12.4. The van der Waals surface area contributed by atoms with Gasteiger partial charge in [0.25, 0.3) is 5.91 Å². The Bertz CT molecular complexity index is 1360. The van der Waals surface area contributed by atoms with E-state index >= 15 is 0 Å². The molecule has 0 spiro atoms. The van der Waals surface area contributed by atoms with Crippen LogP contribution in [0.5, 0.6) is 11.5 Å². The third-order valence-corrected chi connectivity index (χ3v) is 7.70. The van der Waals surface area contributed by atoms with Gasteiger partial charge in [-0.2, -0.15) is 0 Å². The van der Waals surface area contributed by atoms with Crippen molar-refractivity contribution in [1.29, 1.82) is 0 Å². The molecule has 1 aromatic heterocycles. The van der Waals surface area contributed by atoms with Crippen LogP contribution in [-0.2, 0) is 6.42 Å². The van der Waals surface area contributed by atoms with E-state index in [0.29, 0.717) is 19.8 Å². The van der Waals surface area contributed by atoms with Crippen LogP contribution >= 0.6 is 11.3 Å². The first-order valence-electron chi connectivity index (χ1n) is 11.6. The molecule has 0 aliphatic carbocycles. The highest BCUT2D eigenvalue weighted by atomic mass is 32.1. The Morgan fingerprint density at radius 2 is 1.71 bits per heavy atom. The van der Waals surface area contributed by atoms with Gasteiger partial charge in [0.2, 0.25) is 0 Å². The molecule has 3 aromatic carbocycles. The molecule has 4 nitrogen and oxygen atoms in total. The molecule has 0 radical (unpaired) electrons. The number of hydrogen-bond donors (Lipinski definition) is 0. The largest absolute Gasteiger partial charge is 0.486 e. The standard InChI is InChI=1S/C29H25NO3S/c1-19-6-8-21(9-7-19)28-23-5-3-2-4-20(23)14-15-30(28)29(31)27-13-12-26(34-27)22-10-11-24-25(18-22)33-17-16-32-24/h2-13,18,28H,14-17H2,1H3/t28-/m0/s1. The third-order valence-electron chi connectivity index (χ3n) is 6.58. The van der Waals surface area contributed by atoms with Crippen LogP contribution in [0.1, 0.15) is 38.0 Å². The summed E-state index contributed by atoms with van der Waals surface area (Å²) in [7, 11) is 0. The molecule has 0 saturated heterocycles. The number of nitrogens with zero attached hydrogens (tertiary/aromatic N) is 1. The van der Waals surface area contributed by atoms with E-state index in [2.05, 4.69) is 55.5 Å². The Hall–Kier alpha value is -3.57. The van der Waals surface area contributed by atoms with Crippen molar-refractivity contribution in [2.75, 3.05) is 19.8 Å². The first-order chi connectivity index (χ1) is 16.7. The van der Waals surface area contributed by atoms with Gasteiger partial charge in [0.15, 0.2) is 11.5 Å². The fourth-order valence-corrected chi connectivity index (χ4v) is 5.80. The van der Waals surface area contributed by atoms with Crippen molar-refractivity contribution in [3.8, 4) is 21.9 Å². The first kappa shape index (κ1) is 21.0. The molecule has 3 heterocycles. The zero-order chi connectivity index (χ0) is 23.1.